The molecule has 1 rings (SSSR count). The zero-order valence-corrected chi connectivity index (χ0v) is 12.5. The SMILES string of the molecule is CCCN(CCC)C(=O)COc1cccc(C)c1C. The number of benzene rings is 1. The Balaban J connectivity index is 2.59. The minimum absolute atomic E-state index is 0.0737. The third-order valence-electron chi connectivity index (χ3n) is 3.25. The molecule has 0 spiro atoms. The van der Waals surface area contributed by atoms with Crippen LogP contribution in [0.15, 0.2) is 18.2 Å². The molecule has 1 aromatic rings. The molecule has 3 heteroatoms. The van der Waals surface area contributed by atoms with Crippen molar-refractivity contribution in [2.24, 2.45) is 0 Å². The first-order valence-corrected chi connectivity index (χ1v) is 7.06. The predicted molar refractivity (Wildman–Crippen MR) is 78.6 cm³/mol. The molecule has 0 saturated carbocycles. The number of hydrogen-bond acceptors (Lipinski definition) is 2. The second kappa shape index (κ2) is 7.82. The molecule has 1 amide bonds. The van der Waals surface area contributed by atoms with Crippen molar-refractivity contribution < 1.29 is 9.53 Å². The van der Waals surface area contributed by atoms with Gasteiger partial charge in [-0.15, -0.1) is 0 Å². The van der Waals surface area contributed by atoms with Crippen molar-refractivity contribution in [3.05, 3.63) is 29.3 Å². The van der Waals surface area contributed by atoms with Crippen LogP contribution in [-0.2, 0) is 4.79 Å². The standard InChI is InChI=1S/C16H25NO2/c1-5-10-17(11-6-2)16(18)12-19-15-9-7-8-13(3)14(15)4/h7-9H,5-6,10-12H2,1-4H3. The highest BCUT2D eigenvalue weighted by Crippen LogP contribution is 2.20. The molecule has 0 aliphatic heterocycles. The van der Waals surface area contributed by atoms with E-state index in [2.05, 4.69) is 13.8 Å². The Kier molecular flexibility index (Phi) is 6.40. The summed E-state index contributed by atoms with van der Waals surface area (Å²) in [5.41, 5.74) is 2.29. The molecule has 0 bridgehead atoms. The van der Waals surface area contributed by atoms with Gasteiger partial charge >= 0.3 is 0 Å². The second-order valence-electron chi connectivity index (χ2n) is 4.87. The monoisotopic (exact) mass is 263 g/mol. The van der Waals surface area contributed by atoms with Crippen LogP contribution >= 0.6 is 0 Å². The molecular formula is C16H25NO2. The van der Waals surface area contributed by atoms with Crippen LogP contribution in [0.5, 0.6) is 5.75 Å². The van der Waals surface area contributed by atoms with E-state index in [-0.39, 0.29) is 12.5 Å². The van der Waals surface area contributed by atoms with Gasteiger partial charge in [0, 0.05) is 13.1 Å². The van der Waals surface area contributed by atoms with Gasteiger partial charge in [0.25, 0.3) is 5.91 Å². The maximum absolute atomic E-state index is 12.1. The minimum atomic E-state index is 0.0737. The molecule has 0 atom stereocenters. The maximum Gasteiger partial charge on any atom is 0.260 e. The topological polar surface area (TPSA) is 29.5 Å². The number of amides is 1. The van der Waals surface area contributed by atoms with E-state index in [4.69, 9.17) is 4.74 Å². The number of carbonyl (C=O) groups is 1. The molecule has 1 aromatic carbocycles. The Hall–Kier alpha value is -1.51. The lowest BCUT2D eigenvalue weighted by atomic mass is 10.1. The number of nitrogens with zero attached hydrogens (tertiary/aromatic N) is 1. The molecule has 0 radical (unpaired) electrons. The molecule has 0 fully saturated rings. The number of ether oxygens (including phenoxy) is 1. The smallest absolute Gasteiger partial charge is 0.260 e. The van der Waals surface area contributed by atoms with Gasteiger partial charge in [-0.25, -0.2) is 0 Å². The van der Waals surface area contributed by atoms with Crippen LogP contribution in [0.1, 0.15) is 37.8 Å². The van der Waals surface area contributed by atoms with Crippen molar-refractivity contribution in [3.63, 3.8) is 0 Å². The van der Waals surface area contributed by atoms with Gasteiger partial charge in [0.2, 0.25) is 0 Å². The van der Waals surface area contributed by atoms with Gasteiger partial charge in [-0.3, -0.25) is 4.79 Å². The fourth-order valence-corrected chi connectivity index (χ4v) is 2.01. The largest absolute Gasteiger partial charge is 0.483 e. The van der Waals surface area contributed by atoms with Gasteiger partial charge in [0.1, 0.15) is 5.75 Å². The van der Waals surface area contributed by atoms with Gasteiger partial charge in [-0.2, -0.15) is 0 Å². The molecular weight excluding hydrogens is 238 g/mol. The zero-order chi connectivity index (χ0) is 14.3. The highest BCUT2D eigenvalue weighted by Gasteiger charge is 2.13. The quantitative estimate of drug-likeness (QED) is 0.755. The summed E-state index contributed by atoms with van der Waals surface area (Å²) in [5.74, 6) is 0.880. The summed E-state index contributed by atoms with van der Waals surface area (Å²) in [5, 5.41) is 0. The first-order chi connectivity index (χ1) is 9.10. The third-order valence-corrected chi connectivity index (χ3v) is 3.25. The lowest BCUT2D eigenvalue weighted by molar-refractivity contribution is -0.133. The van der Waals surface area contributed by atoms with Gasteiger partial charge in [-0.05, 0) is 43.9 Å². The van der Waals surface area contributed by atoms with Crippen LogP contribution in [0.2, 0.25) is 0 Å². The summed E-state index contributed by atoms with van der Waals surface area (Å²) in [7, 11) is 0. The highest BCUT2D eigenvalue weighted by molar-refractivity contribution is 5.77. The minimum Gasteiger partial charge on any atom is -0.483 e. The normalized spacial score (nSPS) is 10.3. The van der Waals surface area contributed by atoms with Crippen molar-refractivity contribution >= 4 is 5.91 Å². The van der Waals surface area contributed by atoms with Crippen LogP contribution in [0.3, 0.4) is 0 Å². The summed E-state index contributed by atoms with van der Waals surface area (Å²) in [6, 6.07) is 5.92. The van der Waals surface area contributed by atoms with Crippen molar-refractivity contribution in [2.75, 3.05) is 19.7 Å². The molecule has 0 unspecified atom stereocenters. The summed E-state index contributed by atoms with van der Waals surface area (Å²) in [4.78, 5) is 14.0. The van der Waals surface area contributed by atoms with E-state index in [1.807, 2.05) is 36.9 Å². The molecule has 0 aliphatic rings. The summed E-state index contributed by atoms with van der Waals surface area (Å²) >= 11 is 0. The van der Waals surface area contributed by atoms with Crippen LogP contribution in [0.25, 0.3) is 0 Å². The van der Waals surface area contributed by atoms with Crippen molar-refractivity contribution in [1.29, 1.82) is 0 Å². The van der Waals surface area contributed by atoms with Gasteiger partial charge in [0.05, 0.1) is 0 Å². The molecule has 0 aromatic heterocycles. The average molecular weight is 263 g/mol. The summed E-state index contributed by atoms with van der Waals surface area (Å²) < 4.78 is 5.66. The molecule has 0 saturated heterocycles. The molecule has 106 valence electrons. The second-order valence-corrected chi connectivity index (χ2v) is 4.87. The highest BCUT2D eigenvalue weighted by atomic mass is 16.5. The van der Waals surface area contributed by atoms with Crippen LogP contribution in [0, 0.1) is 13.8 Å². The van der Waals surface area contributed by atoms with Crippen LogP contribution in [-0.4, -0.2) is 30.5 Å². The predicted octanol–water partition coefficient (Wildman–Crippen LogP) is 3.33. The van der Waals surface area contributed by atoms with E-state index in [0.717, 1.165) is 37.2 Å². The number of aryl methyl sites for hydroxylation is 1. The Labute approximate surface area is 116 Å². The van der Waals surface area contributed by atoms with E-state index >= 15 is 0 Å². The lowest BCUT2D eigenvalue weighted by Crippen LogP contribution is -2.36. The van der Waals surface area contributed by atoms with E-state index in [1.165, 1.54) is 5.56 Å². The van der Waals surface area contributed by atoms with Gasteiger partial charge in [0.15, 0.2) is 6.61 Å². The Morgan fingerprint density at radius 2 is 1.79 bits per heavy atom. The third kappa shape index (κ3) is 4.58. The number of hydrogen-bond donors (Lipinski definition) is 0. The van der Waals surface area contributed by atoms with E-state index < -0.39 is 0 Å². The lowest BCUT2D eigenvalue weighted by Gasteiger charge is -2.21. The average Bonchev–Trinajstić information content (AvgIpc) is 2.40. The fraction of sp³-hybridized carbons (Fsp3) is 0.562. The molecule has 0 N–H and O–H groups in total. The summed E-state index contributed by atoms with van der Waals surface area (Å²) in [6.45, 7) is 9.98. The molecule has 0 aliphatic carbocycles. The van der Waals surface area contributed by atoms with Crippen molar-refractivity contribution in [3.8, 4) is 5.75 Å². The van der Waals surface area contributed by atoms with E-state index in [0.29, 0.717) is 0 Å². The number of carbonyl (C=O) groups excluding carboxylic acids is 1. The van der Waals surface area contributed by atoms with Crippen molar-refractivity contribution in [2.45, 2.75) is 40.5 Å². The summed E-state index contributed by atoms with van der Waals surface area (Å²) in [6.07, 6.45) is 1.96. The fourth-order valence-electron chi connectivity index (χ4n) is 2.01. The Morgan fingerprint density at radius 3 is 2.37 bits per heavy atom. The van der Waals surface area contributed by atoms with E-state index in [9.17, 15) is 4.79 Å². The van der Waals surface area contributed by atoms with Gasteiger partial charge < -0.3 is 9.64 Å². The van der Waals surface area contributed by atoms with Gasteiger partial charge in [-0.1, -0.05) is 26.0 Å². The maximum atomic E-state index is 12.1. The zero-order valence-electron chi connectivity index (χ0n) is 12.5. The van der Waals surface area contributed by atoms with E-state index in [1.54, 1.807) is 0 Å². The number of rotatable bonds is 7. The van der Waals surface area contributed by atoms with Crippen LogP contribution in [0.4, 0.5) is 0 Å². The Bertz CT molecular complexity index is 409. The first-order valence-electron chi connectivity index (χ1n) is 7.06. The first kappa shape index (κ1) is 15.5. The molecule has 3 nitrogen and oxygen atoms in total. The molecule has 0 heterocycles. The molecule has 19 heavy (non-hydrogen) atoms. The van der Waals surface area contributed by atoms with Crippen LogP contribution < -0.4 is 4.74 Å². The Morgan fingerprint density at radius 1 is 1.16 bits per heavy atom. The van der Waals surface area contributed by atoms with Crippen molar-refractivity contribution in [1.82, 2.24) is 4.90 Å².